The number of carbonyl (C=O) groups is 6. The lowest BCUT2D eigenvalue weighted by atomic mass is 9.51. The summed E-state index contributed by atoms with van der Waals surface area (Å²) in [6, 6.07) is 0. The third kappa shape index (κ3) is 18.8. The Kier molecular flexibility index (Phi) is 20.7. The van der Waals surface area contributed by atoms with Gasteiger partial charge in [0.05, 0.1) is 0 Å². The molecule has 16 heteroatoms. The van der Waals surface area contributed by atoms with E-state index in [1.165, 1.54) is 13.8 Å². The second-order valence-electron chi connectivity index (χ2n) is 17.0. The average Bonchev–Trinajstić information content (AvgIpc) is 3.10. The molecule has 4 amide bonds. The molecule has 0 radical (unpaired) electrons. The second-order valence-corrected chi connectivity index (χ2v) is 17.0. The first-order valence-corrected chi connectivity index (χ1v) is 19.4. The van der Waals surface area contributed by atoms with Crippen LogP contribution in [-0.4, -0.2) is 101 Å². The number of carbonyl (C=O) groups excluding carboxylic acids is 6. The molecule has 0 aliphatic heterocycles. The van der Waals surface area contributed by atoms with E-state index < -0.39 is 59.3 Å². The van der Waals surface area contributed by atoms with Gasteiger partial charge in [0.2, 0.25) is 0 Å². The fraction of sp³-hybridized carbons (Fsp3) is 0.707. The third-order valence-corrected chi connectivity index (χ3v) is 9.49. The SMILES string of the molecule is C=C(CNC(=O)OCCOC(=O)C(=C)C)CC(C)CCNC(=O)OC1C(C)(C)C(OC(=O)NCCC(C)CC(C)(C)CNC(=O)OCCOC(=O)C(=C)C)C1(C)C. The summed E-state index contributed by atoms with van der Waals surface area (Å²) in [6.07, 6.45) is -0.626. The van der Waals surface area contributed by atoms with Crippen molar-refractivity contribution in [1.29, 1.82) is 0 Å². The Labute approximate surface area is 338 Å². The molecular weight excluding hydrogens is 740 g/mol. The molecule has 16 nitrogen and oxygen atoms in total. The maximum Gasteiger partial charge on any atom is 0.407 e. The van der Waals surface area contributed by atoms with E-state index in [2.05, 4.69) is 47.9 Å². The second kappa shape index (κ2) is 23.5. The molecule has 1 saturated carbocycles. The van der Waals surface area contributed by atoms with Gasteiger partial charge < -0.3 is 49.7 Å². The molecule has 0 spiro atoms. The molecule has 2 unspecified atom stereocenters. The van der Waals surface area contributed by atoms with E-state index >= 15 is 0 Å². The van der Waals surface area contributed by atoms with Crippen molar-refractivity contribution >= 4 is 36.3 Å². The van der Waals surface area contributed by atoms with Crippen molar-refractivity contribution in [3.8, 4) is 0 Å². The minimum Gasteiger partial charge on any atom is -0.459 e. The van der Waals surface area contributed by atoms with Crippen molar-refractivity contribution in [2.24, 2.45) is 28.1 Å². The molecule has 0 bridgehead atoms. The molecule has 1 fully saturated rings. The number of rotatable bonds is 24. The van der Waals surface area contributed by atoms with Crippen LogP contribution in [0.1, 0.15) is 94.9 Å². The molecule has 1 aliphatic rings. The van der Waals surface area contributed by atoms with E-state index in [4.69, 9.17) is 28.4 Å². The lowest BCUT2D eigenvalue weighted by molar-refractivity contribution is -0.244. The van der Waals surface area contributed by atoms with E-state index in [0.29, 0.717) is 38.9 Å². The molecule has 57 heavy (non-hydrogen) atoms. The zero-order valence-corrected chi connectivity index (χ0v) is 35.8. The van der Waals surface area contributed by atoms with Crippen molar-refractivity contribution in [2.45, 2.75) is 107 Å². The average molecular weight is 809 g/mol. The number of amides is 4. The Balaban J connectivity index is 2.35. The molecule has 0 heterocycles. The first-order chi connectivity index (χ1) is 26.4. The predicted octanol–water partition coefficient (Wildman–Crippen LogP) is 6.35. The number of ether oxygens (including phenoxy) is 6. The van der Waals surface area contributed by atoms with Crippen LogP contribution < -0.4 is 21.3 Å². The van der Waals surface area contributed by atoms with Crippen molar-refractivity contribution < 1.29 is 57.2 Å². The zero-order valence-electron chi connectivity index (χ0n) is 35.8. The Morgan fingerprint density at radius 3 is 1.46 bits per heavy atom. The quantitative estimate of drug-likeness (QED) is 0.0277. The molecule has 0 aromatic carbocycles. The van der Waals surface area contributed by atoms with E-state index in [9.17, 15) is 28.8 Å². The van der Waals surface area contributed by atoms with Gasteiger partial charge in [0, 0.05) is 48.2 Å². The van der Waals surface area contributed by atoms with Crippen LogP contribution in [0.25, 0.3) is 0 Å². The van der Waals surface area contributed by atoms with Crippen LogP contribution in [0.4, 0.5) is 19.2 Å². The highest BCUT2D eigenvalue weighted by molar-refractivity contribution is 5.87. The number of hydrogen-bond donors (Lipinski definition) is 4. The molecule has 4 N–H and O–H groups in total. The van der Waals surface area contributed by atoms with Gasteiger partial charge in [-0.3, -0.25) is 0 Å². The third-order valence-electron chi connectivity index (χ3n) is 9.49. The monoisotopic (exact) mass is 808 g/mol. The first kappa shape index (κ1) is 50.3. The van der Waals surface area contributed by atoms with Crippen LogP contribution >= 0.6 is 0 Å². The zero-order chi connectivity index (χ0) is 43.6. The Morgan fingerprint density at radius 2 is 1.02 bits per heavy atom. The highest BCUT2D eigenvalue weighted by atomic mass is 16.6. The molecular formula is C41H68N4O12. The van der Waals surface area contributed by atoms with Crippen molar-refractivity contribution in [1.82, 2.24) is 21.3 Å². The van der Waals surface area contributed by atoms with Crippen molar-refractivity contribution in [3.05, 3.63) is 36.5 Å². The minimum absolute atomic E-state index is 0.0537. The van der Waals surface area contributed by atoms with E-state index in [0.717, 1.165) is 12.0 Å². The normalized spacial score (nSPS) is 17.5. The molecule has 2 atom stereocenters. The van der Waals surface area contributed by atoms with Gasteiger partial charge >= 0.3 is 36.3 Å². The Bertz CT molecular complexity index is 1420. The van der Waals surface area contributed by atoms with Gasteiger partial charge in [-0.1, -0.05) is 80.7 Å². The summed E-state index contributed by atoms with van der Waals surface area (Å²) in [5.41, 5.74) is -0.196. The lowest BCUT2D eigenvalue weighted by Crippen LogP contribution is -2.70. The maximum atomic E-state index is 12.8. The van der Waals surface area contributed by atoms with Crippen LogP contribution in [0.5, 0.6) is 0 Å². The summed E-state index contributed by atoms with van der Waals surface area (Å²) in [4.78, 5) is 72.3. The van der Waals surface area contributed by atoms with Crippen LogP contribution in [-0.2, 0) is 38.0 Å². The smallest absolute Gasteiger partial charge is 0.407 e. The van der Waals surface area contributed by atoms with E-state index in [-0.39, 0.29) is 61.4 Å². The summed E-state index contributed by atoms with van der Waals surface area (Å²) in [7, 11) is 0. The van der Waals surface area contributed by atoms with Crippen molar-refractivity contribution in [3.63, 3.8) is 0 Å². The Morgan fingerprint density at radius 1 is 0.614 bits per heavy atom. The molecule has 0 aromatic rings. The summed E-state index contributed by atoms with van der Waals surface area (Å²) < 4.78 is 31.5. The standard InChI is InChI=1S/C41H68N4O12/c1-26(2)31(46)52-18-20-54-35(48)44-24-30(7)22-28(5)14-16-42-37(50)56-33-40(10,11)34(41(33,12)13)57-38(51)43-17-15-29(6)23-39(8,9)25-45-36(49)55-21-19-53-32(47)27(3)4/h28-29,33-34H,1,3,7,14-25H2,2,4-6,8-13H3,(H,42,50)(H,43,51)(H,44,48)(H,45,49). The van der Waals surface area contributed by atoms with Crippen LogP contribution in [0.15, 0.2) is 36.5 Å². The topological polar surface area (TPSA) is 206 Å². The van der Waals surface area contributed by atoms with Gasteiger partial charge in [-0.2, -0.15) is 0 Å². The Hall–Kier alpha value is -4.76. The van der Waals surface area contributed by atoms with Gasteiger partial charge in [0.1, 0.15) is 38.6 Å². The lowest BCUT2D eigenvalue weighted by Gasteiger charge is -2.61. The molecule has 0 aromatic heterocycles. The molecule has 1 aliphatic carbocycles. The van der Waals surface area contributed by atoms with Crippen LogP contribution in [0.3, 0.4) is 0 Å². The number of nitrogens with one attached hydrogen (secondary N) is 4. The largest absolute Gasteiger partial charge is 0.459 e. The summed E-state index contributed by atoms with van der Waals surface area (Å²) in [5.74, 6) is -0.707. The van der Waals surface area contributed by atoms with Crippen LogP contribution in [0, 0.1) is 28.1 Å². The van der Waals surface area contributed by atoms with Crippen LogP contribution in [0.2, 0.25) is 0 Å². The maximum absolute atomic E-state index is 12.8. The minimum atomic E-state index is -0.649. The highest BCUT2D eigenvalue weighted by Crippen LogP contribution is 2.57. The van der Waals surface area contributed by atoms with Gasteiger partial charge in [-0.15, -0.1) is 0 Å². The fourth-order valence-corrected chi connectivity index (χ4v) is 7.02. The van der Waals surface area contributed by atoms with Crippen molar-refractivity contribution in [2.75, 3.05) is 52.6 Å². The van der Waals surface area contributed by atoms with Gasteiger partial charge in [-0.05, 0) is 56.8 Å². The molecule has 324 valence electrons. The highest BCUT2D eigenvalue weighted by Gasteiger charge is 2.66. The summed E-state index contributed by atoms with van der Waals surface area (Å²) in [5, 5.41) is 11.0. The number of alkyl carbamates (subject to hydrolysis) is 4. The van der Waals surface area contributed by atoms with E-state index in [1.54, 1.807) is 0 Å². The summed E-state index contributed by atoms with van der Waals surface area (Å²) >= 11 is 0. The molecule has 0 saturated heterocycles. The van der Waals surface area contributed by atoms with Gasteiger partial charge in [0.15, 0.2) is 0 Å². The predicted molar refractivity (Wildman–Crippen MR) is 214 cm³/mol. The van der Waals surface area contributed by atoms with Gasteiger partial charge in [0.25, 0.3) is 0 Å². The fourth-order valence-electron chi connectivity index (χ4n) is 7.02. The number of hydrogen-bond acceptors (Lipinski definition) is 12. The van der Waals surface area contributed by atoms with Gasteiger partial charge in [-0.25, -0.2) is 28.8 Å². The first-order valence-electron chi connectivity index (χ1n) is 19.4. The molecule has 1 rings (SSSR count). The number of esters is 2. The van der Waals surface area contributed by atoms with E-state index in [1.807, 2.05) is 48.5 Å². The summed E-state index contributed by atoms with van der Waals surface area (Å²) in [6.45, 7) is 30.9.